The van der Waals surface area contributed by atoms with Crippen molar-refractivity contribution in [1.29, 1.82) is 0 Å². The zero-order valence-corrected chi connectivity index (χ0v) is 15.9. The van der Waals surface area contributed by atoms with Crippen molar-refractivity contribution in [3.8, 4) is 5.75 Å². The first-order valence-electron chi connectivity index (χ1n) is 9.67. The second-order valence-corrected chi connectivity index (χ2v) is 7.10. The van der Waals surface area contributed by atoms with Crippen LogP contribution in [0.5, 0.6) is 5.75 Å². The number of para-hydroxylation sites is 1. The normalized spacial score (nSPS) is 25.8. The monoisotopic (exact) mass is 394 g/mol. The number of hydrogen-bond donors (Lipinski definition) is 4. The Labute approximate surface area is 165 Å². The number of unbranched alkanes of at least 4 members (excludes halogenated alkanes) is 1. The van der Waals surface area contributed by atoms with Crippen LogP contribution in [0.2, 0.25) is 0 Å². The van der Waals surface area contributed by atoms with E-state index in [4.69, 9.17) is 14.6 Å². The first kappa shape index (κ1) is 22.4. The predicted octanol–water partition coefficient (Wildman–Crippen LogP) is 1.75. The molecule has 0 unspecified atom stereocenters. The maximum atomic E-state index is 10.5. The minimum Gasteiger partial charge on any atom is -0.491 e. The summed E-state index contributed by atoms with van der Waals surface area (Å²) in [6.45, 7) is 0.0731. The Hall–Kier alpha value is -1.93. The van der Waals surface area contributed by atoms with Gasteiger partial charge in [-0.1, -0.05) is 30.4 Å². The Bertz CT molecular complexity index is 604. The Balaban J connectivity index is 1.74. The summed E-state index contributed by atoms with van der Waals surface area (Å²) in [4.78, 5) is 10.5. The van der Waals surface area contributed by atoms with Gasteiger partial charge in [-0.05, 0) is 31.4 Å². The van der Waals surface area contributed by atoms with Crippen LogP contribution in [-0.4, -0.2) is 64.0 Å². The zero-order valence-electron chi connectivity index (χ0n) is 15.9. The van der Waals surface area contributed by atoms with Crippen LogP contribution < -0.4 is 4.74 Å². The lowest BCUT2D eigenvalue weighted by Crippen LogP contribution is -2.34. The Morgan fingerprint density at radius 3 is 2.61 bits per heavy atom. The molecule has 7 nitrogen and oxygen atoms in total. The quantitative estimate of drug-likeness (QED) is 0.315. The molecule has 2 rings (SSSR count). The number of hydrogen-bond acceptors (Lipinski definition) is 6. The largest absolute Gasteiger partial charge is 0.491 e. The number of aliphatic hydroxyl groups is 3. The van der Waals surface area contributed by atoms with Crippen molar-refractivity contribution in [2.45, 2.75) is 56.5 Å². The topological polar surface area (TPSA) is 116 Å². The van der Waals surface area contributed by atoms with Crippen LogP contribution in [0.1, 0.15) is 32.1 Å². The molecule has 156 valence electrons. The van der Waals surface area contributed by atoms with E-state index in [1.807, 2.05) is 30.4 Å². The number of ether oxygens (including phenoxy) is 2. The molecule has 0 saturated heterocycles. The van der Waals surface area contributed by atoms with Crippen LogP contribution in [0.25, 0.3) is 0 Å². The van der Waals surface area contributed by atoms with Crippen LogP contribution in [-0.2, 0) is 9.53 Å². The van der Waals surface area contributed by atoms with Crippen molar-refractivity contribution in [2.75, 3.05) is 13.2 Å². The van der Waals surface area contributed by atoms with Crippen LogP contribution >= 0.6 is 0 Å². The van der Waals surface area contributed by atoms with Crippen LogP contribution in [0.15, 0.2) is 42.5 Å². The van der Waals surface area contributed by atoms with Crippen molar-refractivity contribution in [2.24, 2.45) is 5.92 Å². The summed E-state index contributed by atoms with van der Waals surface area (Å²) in [6, 6.07) is 9.15. The molecule has 0 amide bonds. The van der Waals surface area contributed by atoms with Gasteiger partial charge in [0, 0.05) is 18.8 Å². The van der Waals surface area contributed by atoms with Gasteiger partial charge in [0.25, 0.3) is 0 Å². The third-order valence-electron chi connectivity index (χ3n) is 4.78. The van der Waals surface area contributed by atoms with E-state index in [2.05, 4.69) is 0 Å². The van der Waals surface area contributed by atoms with E-state index in [-0.39, 0.29) is 32.0 Å². The minimum atomic E-state index is -0.850. The average molecular weight is 394 g/mol. The standard InChI is InChI=1S/C21H30O7/c22-15(13-27-16-8-4-3-5-9-16)14-28-21-17(18(23)12-19(21)24)10-6-1-2-7-11-20(25)26/h1,3-6,8-9,15,17-19,21-24H,2,7,10-14H2,(H,25,26)/t15-,17-,18-,19+,21+/m0/s1. The first-order chi connectivity index (χ1) is 13.5. The molecule has 0 heterocycles. The van der Waals surface area contributed by atoms with Gasteiger partial charge in [-0.3, -0.25) is 4.79 Å². The molecular weight excluding hydrogens is 364 g/mol. The van der Waals surface area contributed by atoms with E-state index < -0.39 is 30.4 Å². The maximum absolute atomic E-state index is 10.5. The third kappa shape index (κ3) is 7.59. The molecule has 0 bridgehead atoms. The van der Waals surface area contributed by atoms with Gasteiger partial charge in [0.1, 0.15) is 18.5 Å². The molecule has 28 heavy (non-hydrogen) atoms. The van der Waals surface area contributed by atoms with Gasteiger partial charge < -0.3 is 29.9 Å². The summed E-state index contributed by atoms with van der Waals surface area (Å²) < 4.78 is 11.2. The van der Waals surface area contributed by atoms with Crippen molar-refractivity contribution in [3.05, 3.63) is 42.5 Å². The lowest BCUT2D eigenvalue weighted by Gasteiger charge is -2.24. The summed E-state index contributed by atoms with van der Waals surface area (Å²) in [5.74, 6) is -0.428. The Kier molecular flexibility index (Phi) is 9.43. The summed E-state index contributed by atoms with van der Waals surface area (Å²) >= 11 is 0. The molecule has 1 aliphatic carbocycles. The fourth-order valence-electron chi connectivity index (χ4n) is 3.31. The van der Waals surface area contributed by atoms with E-state index in [0.717, 1.165) is 0 Å². The van der Waals surface area contributed by atoms with E-state index >= 15 is 0 Å². The van der Waals surface area contributed by atoms with Gasteiger partial charge in [0.05, 0.1) is 24.9 Å². The van der Waals surface area contributed by atoms with Crippen molar-refractivity contribution >= 4 is 5.97 Å². The number of carboxylic acids is 1. The lowest BCUT2D eigenvalue weighted by atomic mass is 9.98. The molecule has 1 aromatic rings. The molecule has 1 aromatic carbocycles. The van der Waals surface area contributed by atoms with E-state index in [0.29, 0.717) is 25.0 Å². The predicted molar refractivity (Wildman–Crippen MR) is 103 cm³/mol. The second kappa shape index (κ2) is 11.8. The minimum absolute atomic E-state index is 0.000105. The Morgan fingerprint density at radius 1 is 1.14 bits per heavy atom. The summed E-state index contributed by atoms with van der Waals surface area (Å²) in [5, 5.41) is 39.0. The molecule has 5 atom stereocenters. The highest BCUT2D eigenvalue weighted by molar-refractivity contribution is 5.66. The lowest BCUT2D eigenvalue weighted by molar-refractivity contribution is -0.137. The molecule has 1 aliphatic rings. The maximum Gasteiger partial charge on any atom is 0.303 e. The zero-order chi connectivity index (χ0) is 20.4. The van der Waals surface area contributed by atoms with Gasteiger partial charge in [0.2, 0.25) is 0 Å². The highest BCUT2D eigenvalue weighted by atomic mass is 16.5. The SMILES string of the molecule is O=C(O)CCCC=CC[C@@H]1[C@@H](OC[C@@H](O)COc2ccccc2)[C@H](O)C[C@@H]1O. The van der Waals surface area contributed by atoms with Crippen LogP contribution in [0.3, 0.4) is 0 Å². The smallest absolute Gasteiger partial charge is 0.303 e. The van der Waals surface area contributed by atoms with Gasteiger partial charge in [0.15, 0.2) is 0 Å². The summed E-state index contributed by atoms with van der Waals surface area (Å²) in [5.41, 5.74) is 0. The molecule has 0 aliphatic heterocycles. The van der Waals surface area contributed by atoms with E-state index in [1.165, 1.54) is 0 Å². The fraction of sp³-hybridized carbons (Fsp3) is 0.571. The number of carboxylic acid groups (broad SMARTS) is 1. The highest BCUT2D eigenvalue weighted by Gasteiger charge is 2.42. The van der Waals surface area contributed by atoms with Crippen molar-refractivity contribution in [1.82, 2.24) is 0 Å². The van der Waals surface area contributed by atoms with Gasteiger partial charge >= 0.3 is 5.97 Å². The number of allylic oxidation sites excluding steroid dienone is 2. The van der Waals surface area contributed by atoms with Crippen molar-refractivity contribution < 1.29 is 34.7 Å². The van der Waals surface area contributed by atoms with E-state index in [9.17, 15) is 20.1 Å². The second-order valence-electron chi connectivity index (χ2n) is 7.10. The van der Waals surface area contributed by atoms with Crippen LogP contribution in [0.4, 0.5) is 0 Å². The number of benzene rings is 1. The molecule has 7 heteroatoms. The van der Waals surface area contributed by atoms with Gasteiger partial charge in [-0.2, -0.15) is 0 Å². The van der Waals surface area contributed by atoms with Crippen LogP contribution in [0, 0.1) is 5.92 Å². The number of aliphatic hydroxyl groups excluding tert-OH is 3. The highest BCUT2D eigenvalue weighted by Crippen LogP contribution is 2.32. The third-order valence-corrected chi connectivity index (χ3v) is 4.78. The summed E-state index contributed by atoms with van der Waals surface area (Å²) in [6.07, 6.45) is 2.99. The molecule has 0 radical (unpaired) electrons. The molecule has 1 saturated carbocycles. The van der Waals surface area contributed by atoms with Crippen molar-refractivity contribution in [3.63, 3.8) is 0 Å². The molecule has 1 fully saturated rings. The molecule has 0 spiro atoms. The van der Waals surface area contributed by atoms with Gasteiger partial charge in [-0.15, -0.1) is 0 Å². The number of aliphatic carboxylic acids is 1. The molecular formula is C21H30O7. The average Bonchev–Trinajstić information content (AvgIpc) is 2.94. The fourth-order valence-corrected chi connectivity index (χ4v) is 3.31. The molecule has 0 aromatic heterocycles. The molecule has 4 N–H and O–H groups in total. The Morgan fingerprint density at radius 2 is 1.89 bits per heavy atom. The first-order valence-corrected chi connectivity index (χ1v) is 9.67. The number of carbonyl (C=O) groups is 1. The summed E-state index contributed by atoms with van der Waals surface area (Å²) in [7, 11) is 0. The number of rotatable bonds is 12. The van der Waals surface area contributed by atoms with E-state index in [1.54, 1.807) is 12.1 Å². The van der Waals surface area contributed by atoms with Gasteiger partial charge in [-0.25, -0.2) is 0 Å².